The zero-order valence-corrected chi connectivity index (χ0v) is 13.8. The van der Waals surface area contributed by atoms with Crippen molar-refractivity contribution in [2.45, 2.75) is 33.6 Å². The number of halogens is 1. The number of aromatic nitrogens is 2. The van der Waals surface area contributed by atoms with E-state index >= 15 is 0 Å². The molecule has 21 heavy (non-hydrogen) atoms. The number of hydrogen-bond acceptors (Lipinski definition) is 2. The van der Waals surface area contributed by atoms with E-state index in [2.05, 4.69) is 62.0 Å². The van der Waals surface area contributed by atoms with Crippen LogP contribution in [0.4, 0.5) is 0 Å². The predicted octanol–water partition coefficient (Wildman–Crippen LogP) is 4.83. The summed E-state index contributed by atoms with van der Waals surface area (Å²) in [6.07, 6.45) is 0. The Hall–Kier alpha value is -1.74. The number of nitrogens with zero attached hydrogens (tertiary/aromatic N) is 2. The van der Waals surface area contributed by atoms with Gasteiger partial charge in [0.15, 0.2) is 0 Å². The minimum Gasteiger partial charge on any atom is -0.352 e. The molecule has 0 atom stereocenters. The highest BCUT2D eigenvalue weighted by atomic mass is 35.5. The molecule has 1 aromatic heterocycles. The van der Waals surface area contributed by atoms with Crippen LogP contribution in [0, 0.1) is 0 Å². The highest BCUT2D eigenvalue weighted by Gasteiger charge is 2.26. The quantitative estimate of drug-likeness (QED) is 0.818. The van der Waals surface area contributed by atoms with Crippen LogP contribution in [0.2, 0.25) is 5.15 Å². The first-order chi connectivity index (χ1) is 9.91. The molecular weight excluding hydrogens is 282 g/mol. The number of H-pyrrole nitrogens is 1. The van der Waals surface area contributed by atoms with E-state index in [1.54, 1.807) is 0 Å². The maximum Gasteiger partial charge on any atom is 0.132 e. The predicted molar refractivity (Wildman–Crippen MR) is 88.4 cm³/mol. The first kappa shape index (κ1) is 14.2. The van der Waals surface area contributed by atoms with Crippen LogP contribution in [0.25, 0.3) is 10.9 Å². The van der Waals surface area contributed by atoms with Crippen molar-refractivity contribution < 1.29 is 0 Å². The van der Waals surface area contributed by atoms with Gasteiger partial charge in [0.1, 0.15) is 5.15 Å². The van der Waals surface area contributed by atoms with Crippen molar-refractivity contribution in [2.24, 2.45) is 0 Å². The summed E-state index contributed by atoms with van der Waals surface area (Å²) in [5, 5.41) is 8.63. The first-order valence-corrected chi connectivity index (χ1v) is 7.51. The molecule has 0 aliphatic carbocycles. The zero-order chi connectivity index (χ0) is 15.3. The SMILES string of the molecule is CC1=C(C)N(C)C(C)=C(C)C1c1ccc2n[nH]c(Cl)c2c1. The van der Waals surface area contributed by atoms with Gasteiger partial charge in [-0.15, -0.1) is 0 Å². The van der Waals surface area contributed by atoms with Gasteiger partial charge in [0.2, 0.25) is 0 Å². The third-order valence-electron chi connectivity index (χ3n) is 4.88. The third-order valence-corrected chi connectivity index (χ3v) is 5.17. The van der Waals surface area contributed by atoms with Crippen molar-refractivity contribution in [1.29, 1.82) is 0 Å². The zero-order valence-electron chi connectivity index (χ0n) is 13.1. The molecule has 1 N–H and O–H groups in total. The van der Waals surface area contributed by atoms with Gasteiger partial charge in [-0.1, -0.05) is 17.7 Å². The molecule has 110 valence electrons. The molecule has 0 spiro atoms. The average molecular weight is 302 g/mol. The third kappa shape index (κ3) is 2.07. The van der Waals surface area contributed by atoms with Gasteiger partial charge in [0.25, 0.3) is 0 Å². The van der Waals surface area contributed by atoms with Crippen LogP contribution < -0.4 is 0 Å². The Morgan fingerprint density at radius 2 is 1.71 bits per heavy atom. The smallest absolute Gasteiger partial charge is 0.132 e. The lowest BCUT2D eigenvalue weighted by molar-refractivity contribution is 0.480. The van der Waals surface area contributed by atoms with Crippen LogP contribution in [0.15, 0.2) is 40.7 Å². The molecule has 1 aromatic carbocycles. The molecule has 0 bridgehead atoms. The standard InChI is InChI=1S/C17H20ClN3/c1-9-11(3)21(5)12(4)10(2)16(9)13-6-7-15-14(8-13)17(18)20-19-15/h6-8,16H,1-5H3,(H,19,20). The van der Waals surface area contributed by atoms with Crippen LogP contribution in [-0.4, -0.2) is 22.1 Å². The molecule has 0 fully saturated rings. The van der Waals surface area contributed by atoms with E-state index in [4.69, 9.17) is 11.6 Å². The van der Waals surface area contributed by atoms with Gasteiger partial charge in [-0.05, 0) is 56.5 Å². The van der Waals surface area contributed by atoms with E-state index in [-0.39, 0.29) is 0 Å². The molecule has 2 aromatic rings. The summed E-state index contributed by atoms with van der Waals surface area (Å²) in [6.45, 7) is 8.80. The van der Waals surface area contributed by atoms with Crippen LogP contribution in [0.1, 0.15) is 39.2 Å². The minimum absolute atomic E-state index is 0.316. The van der Waals surface area contributed by atoms with Gasteiger partial charge in [-0.3, -0.25) is 5.10 Å². The van der Waals surface area contributed by atoms with E-state index in [9.17, 15) is 0 Å². The summed E-state index contributed by atoms with van der Waals surface area (Å²) >= 11 is 6.19. The average Bonchev–Trinajstić information content (AvgIpc) is 2.85. The number of benzene rings is 1. The Morgan fingerprint density at radius 1 is 1.10 bits per heavy atom. The maximum atomic E-state index is 6.19. The van der Waals surface area contributed by atoms with Crippen molar-refractivity contribution in [3.8, 4) is 0 Å². The van der Waals surface area contributed by atoms with Crippen molar-refractivity contribution in [2.75, 3.05) is 7.05 Å². The Labute approximate surface area is 130 Å². The van der Waals surface area contributed by atoms with Crippen molar-refractivity contribution in [1.82, 2.24) is 15.1 Å². The largest absolute Gasteiger partial charge is 0.352 e. The fraction of sp³-hybridized carbons (Fsp3) is 0.353. The summed E-state index contributed by atoms with van der Waals surface area (Å²) in [6, 6.07) is 6.35. The van der Waals surface area contributed by atoms with Gasteiger partial charge >= 0.3 is 0 Å². The number of nitrogens with one attached hydrogen (secondary N) is 1. The van der Waals surface area contributed by atoms with Crippen molar-refractivity contribution in [3.63, 3.8) is 0 Å². The summed E-state index contributed by atoms with van der Waals surface area (Å²) in [5.74, 6) is 0.316. The molecule has 0 unspecified atom stereocenters. The second-order valence-corrected chi connectivity index (χ2v) is 6.22. The van der Waals surface area contributed by atoms with E-state index in [0.29, 0.717) is 11.1 Å². The second-order valence-electron chi connectivity index (χ2n) is 5.84. The second kappa shape index (κ2) is 4.92. The van der Waals surface area contributed by atoms with Crippen LogP contribution in [0.3, 0.4) is 0 Å². The lowest BCUT2D eigenvalue weighted by Crippen LogP contribution is -2.24. The molecule has 3 nitrogen and oxygen atoms in total. The van der Waals surface area contributed by atoms with E-state index in [1.807, 2.05) is 6.07 Å². The van der Waals surface area contributed by atoms with Gasteiger partial charge in [-0.25, -0.2) is 0 Å². The van der Waals surface area contributed by atoms with Gasteiger partial charge in [0.05, 0.1) is 5.52 Å². The van der Waals surface area contributed by atoms with Crippen LogP contribution >= 0.6 is 11.6 Å². The van der Waals surface area contributed by atoms with Crippen LogP contribution in [-0.2, 0) is 0 Å². The van der Waals surface area contributed by atoms with Gasteiger partial charge in [0, 0.05) is 29.7 Å². The highest BCUT2D eigenvalue weighted by molar-refractivity contribution is 6.34. The van der Waals surface area contributed by atoms with Gasteiger partial charge < -0.3 is 4.90 Å². The number of hydrogen-bond donors (Lipinski definition) is 1. The fourth-order valence-corrected chi connectivity index (χ4v) is 3.39. The molecule has 0 saturated carbocycles. The van der Waals surface area contributed by atoms with E-state index < -0.39 is 0 Å². The fourth-order valence-electron chi connectivity index (χ4n) is 3.20. The van der Waals surface area contributed by atoms with E-state index in [1.165, 1.54) is 28.1 Å². The number of rotatable bonds is 1. The van der Waals surface area contributed by atoms with Crippen LogP contribution in [0.5, 0.6) is 0 Å². The topological polar surface area (TPSA) is 31.9 Å². The lowest BCUT2D eigenvalue weighted by atomic mass is 9.81. The number of allylic oxidation sites excluding steroid dienone is 4. The Kier molecular flexibility index (Phi) is 3.33. The Balaban J connectivity index is 2.18. The number of aromatic amines is 1. The Bertz CT molecular complexity index is 756. The van der Waals surface area contributed by atoms with Gasteiger partial charge in [-0.2, -0.15) is 5.10 Å². The molecule has 0 saturated heterocycles. The summed E-state index contributed by atoms with van der Waals surface area (Å²) in [7, 11) is 2.13. The molecule has 2 heterocycles. The molecule has 1 aliphatic rings. The highest BCUT2D eigenvalue weighted by Crippen LogP contribution is 2.41. The summed E-state index contributed by atoms with van der Waals surface area (Å²) in [5.41, 5.74) is 7.60. The molecule has 0 radical (unpaired) electrons. The summed E-state index contributed by atoms with van der Waals surface area (Å²) in [4.78, 5) is 2.27. The normalized spacial score (nSPS) is 17.3. The molecule has 3 rings (SSSR count). The summed E-state index contributed by atoms with van der Waals surface area (Å²) < 4.78 is 0. The Morgan fingerprint density at radius 3 is 2.33 bits per heavy atom. The number of fused-ring (bicyclic) bond motifs is 1. The molecule has 4 heteroatoms. The van der Waals surface area contributed by atoms with E-state index in [0.717, 1.165) is 10.9 Å². The molecular formula is C17H20ClN3. The minimum atomic E-state index is 0.316. The first-order valence-electron chi connectivity index (χ1n) is 7.13. The monoisotopic (exact) mass is 301 g/mol. The maximum absolute atomic E-state index is 6.19. The lowest BCUT2D eigenvalue weighted by Gasteiger charge is -2.35. The molecule has 0 amide bonds. The molecule has 1 aliphatic heterocycles. The van der Waals surface area contributed by atoms with Crippen molar-refractivity contribution in [3.05, 3.63) is 51.5 Å². The van der Waals surface area contributed by atoms with Crippen molar-refractivity contribution >= 4 is 22.5 Å².